The van der Waals surface area contributed by atoms with Crippen molar-refractivity contribution in [3.05, 3.63) is 53.1 Å². The zero-order valence-electron chi connectivity index (χ0n) is 12.4. The van der Waals surface area contributed by atoms with Crippen LogP contribution in [-0.2, 0) is 6.54 Å². The van der Waals surface area contributed by atoms with Crippen molar-refractivity contribution in [2.24, 2.45) is 0 Å². The molecule has 3 nitrogen and oxygen atoms in total. The van der Waals surface area contributed by atoms with Crippen LogP contribution >= 0.6 is 11.6 Å². The van der Waals surface area contributed by atoms with Crippen molar-refractivity contribution >= 4 is 11.6 Å². The van der Waals surface area contributed by atoms with E-state index in [2.05, 4.69) is 12.2 Å². The van der Waals surface area contributed by atoms with Crippen molar-refractivity contribution < 1.29 is 9.47 Å². The Bertz CT molecular complexity index is 587. The van der Waals surface area contributed by atoms with Crippen molar-refractivity contribution in [2.75, 3.05) is 13.7 Å². The zero-order valence-corrected chi connectivity index (χ0v) is 13.1. The fourth-order valence-corrected chi connectivity index (χ4v) is 2.22. The molecule has 0 spiro atoms. The molecule has 0 amide bonds. The summed E-state index contributed by atoms with van der Waals surface area (Å²) in [6.45, 7) is 3.83. The van der Waals surface area contributed by atoms with Gasteiger partial charge in [0.05, 0.1) is 12.1 Å². The minimum atomic E-state index is 0.605. The molecule has 0 unspecified atom stereocenters. The van der Waals surface area contributed by atoms with Gasteiger partial charge < -0.3 is 14.8 Å². The fourth-order valence-electron chi connectivity index (χ4n) is 1.99. The molecule has 2 aromatic carbocycles. The first-order valence-corrected chi connectivity index (χ1v) is 7.42. The second-order valence-electron chi connectivity index (χ2n) is 4.69. The number of rotatable bonds is 7. The van der Waals surface area contributed by atoms with E-state index >= 15 is 0 Å². The molecule has 2 aromatic rings. The van der Waals surface area contributed by atoms with Crippen molar-refractivity contribution in [1.82, 2.24) is 5.32 Å². The van der Waals surface area contributed by atoms with Crippen LogP contribution in [0, 0.1) is 0 Å². The Hall–Kier alpha value is -1.71. The van der Waals surface area contributed by atoms with Gasteiger partial charge in [-0.2, -0.15) is 0 Å². The van der Waals surface area contributed by atoms with Crippen molar-refractivity contribution in [1.29, 1.82) is 0 Å². The zero-order chi connectivity index (χ0) is 15.1. The van der Waals surface area contributed by atoms with Gasteiger partial charge in [0.25, 0.3) is 0 Å². The quantitative estimate of drug-likeness (QED) is 0.756. The molecule has 0 heterocycles. The average Bonchev–Trinajstić information content (AvgIpc) is 2.51. The van der Waals surface area contributed by atoms with E-state index in [0.717, 1.165) is 30.8 Å². The van der Waals surface area contributed by atoms with Crippen molar-refractivity contribution in [3.8, 4) is 17.2 Å². The Morgan fingerprint density at radius 1 is 1.10 bits per heavy atom. The molecule has 0 bridgehead atoms. The Morgan fingerprint density at radius 3 is 2.62 bits per heavy atom. The van der Waals surface area contributed by atoms with Gasteiger partial charge in [0, 0.05) is 18.2 Å². The molecule has 4 heteroatoms. The molecule has 0 saturated carbocycles. The molecular formula is C17H20ClNO2. The smallest absolute Gasteiger partial charge is 0.150 e. The second-order valence-corrected chi connectivity index (χ2v) is 5.09. The first kappa shape index (κ1) is 15.7. The summed E-state index contributed by atoms with van der Waals surface area (Å²) in [5.41, 5.74) is 1.04. The molecule has 0 atom stereocenters. The Kier molecular flexibility index (Phi) is 5.90. The molecule has 0 aliphatic rings. The van der Waals surface area contributed by atoms with Gasteiger partial charge in [-0.25, -0.2) is 0 Å². The van der Waals surface area contributed by atoms with E-state index < -0.39 is 0 Å². The van der Waals surface area contributed by atoms with Crippen molar-refractivity contribution in [3.63, 3.8) is 0 Å². The third kappa shape index (κ3) is 4.38. The van der Waals surface area contributed by atoms with Crippen LogP contribution in [0.4, 0.5) is 0 Å². The van der Waals surface area contributed by atoms with E-state index in [1.165, 1.54) is 0 Å². The standard InChI is InChI=1S/C17H20ClNO2/c1-3-10-19-12-13-6-4-9-16(18)17(13)21-15-8-5-7-14(11-15)20-2/h4-9,11,19H,3,10,12H2,1-2H3. The van der Waals surface area contributed by atoms with Gasteiger partial charge in [-0.3, -0.25) is 0 Å². The van der Waals surface area contributed by atoms with E-state index in [4.69, 9.17) is 21.1 Å². The monoisotopic (exact) mass is 305 g/mol. The van der Waals surface area contributed by atoms with Crippen LogP contribution in [0.3, 0.4) is 0 Å². The average molecular weight is 306 g/mol. The number of hydrogen-bond donors (Lipinski definition) is 1. The Labute approximate surface area is 130 Å². The molecule has 112 valence electrons. The van der Waals surface area contributed by atoms with Crippen LogP contribution in [0.2, 0.25) is 5.02 Å². The van der Waals surface area contributed by atoms with Crippen LogP contribution in [0.5, 0.6) is 17.2 Å². The molecule has 2 rings (SSSR count). The summed E-state index contributed by atoms with van der Waals surface area (Å²) in [6, 6.07) is 13.3. The number of hydrogen-bond acceptors (Lipinski definition) is 3. The van der Waals surface area contributed by atoms with E-state index in [9.17, 15) is 0 Å². The van der Waals surface area contributed by atoms with E-state index in [-0.39, 0.29) is 0 Å². The predicted octanol–water partition coefficient (Wildman–Crippen LogP) is 4.64. The van der Waals surface area contributed by atoms with Gasteiger partial charge >= 0.3 is 0 Å². The fraction of sp³-hybridized carbons (Fsp3) is 0.294. The third-order valence-corrected chi connectivity index (χ3v) is 3.35. The van der Waals surface area contributed by atoms with Gasteiger partial charge in [0.1, 0.15) is 17.2 Å². The summed E-state index contributed by atoms with van der Waals surface area (Å²) in [7, 11) is 1.63. The Balaban J connectivity index is 2.21. The number of methoxy groups -OCH3 is 1. The number of para-hydroxylation sites is 1. The van der Waals surface area contributed by atoms with Crippen LogP contribution in [0.15, 0.2) is 42.5 Å². The van der Waals surface area contributed by atoms with E-state index in [0.29, 0.717) is 16.5 Å². The summed E-state index contributed by atoms with van der Waals surface area (Å²) in [6.07, 6.45) is 1.09. The van der Waals surface area contributed by atoms with Crippen LogP contribution < -0.4 is 14.8 Å². The lowest BCUT2D eigenvalue weighted by Crippen LogP contribution is -2.14. The summed E-state index contributed by atoms with van der Waals surface area (Å²) in [4.78, 5) is 0. The van der Waals surface area contributed by atoms with Crippen LogP contribution in [-0.4, -0.2) is 13.7 Å². The molecule has 0 aliphatic carbocycles. The van der Waals surface area contributed by atoms with Gasteiger partial charge in [-0.1, -0.05) is 36.7 Å². The topological polar surface area (TPSA) is 30.5 Å². The van der Waals surface area contributed by atoms with Crippen LogP contribution in [0.25, 0.3) is 0 Å². The summed E-state index contributed by atoms with van der Waals surface area (Å²) >= 11 is 6.28. The second kappa shape index (κ2) is 7.91. The number of halogens is 1. The highest BCUT2D eigenvalue weighted by molar-refractivity contribution is 6.32. The van der Waals surface area contributed by atoms with Crippen LogP contribution in [0.1, 0.15) is 18.9 Å². The normalized spacial score (nSPS) is 10.4. The molecule has 0 aliphatic heterocycles. The minimum Gasteiger partial charge on any atom is -0.497 e. The van der Waals surface area contributed by atoms with Gasteiger partial charge in [0.15, 0.2) is 0 Å². The number of ether oxygens (including phenoxy) is 2. The largest absolute Gasteiger partial charge is 0.497 e. The first-order chi connectivity index (χ1) is 10.2. The lowest BCUT2D eigenvalue weighted by Gasteiger charge is -2.14. The molecule has 1 N–H and O–H groups in total. The minimum absolute atomic E-state index is 0.605. The lowest BCUT2D eigenvalue weighted by atomic mass is 10.2. The summed E-state index contributed by atoms with van der Waals surface area (Å²) in [5.74, 6) is 2.15. The molecule has 0 fully saturated rings. The molecule has 0 aromatic heterocycles. The van der Waals surface area contributed by atoms with E-state index in [1.807, 2.05) is 42.5 Å². The maximum absolute atomic E-state index is 6.28. The summed E-state index contributed by atoms with van der Waals surface area (Å²) < 4.78 is 11.2. The SMILES string of the molecule is CCCNCc1cccc(Cl)c1Oc1cccc(OC)c1. The van der Waals surface area contributed by atoms with Crippen molar-refractivity contribution in [2.45, 2.75) is 19.9 Å². The highest BCUT2D eigenvalue weighted by atomic mass is 35.5. The molecule has 0 radical (unpaired) electrons. The number of benzene rings is 2. The molecular weight excluding hydrogens is 286 g/mol. The first-order valence-electron chi connectivity index (χ1n) is 7.04. The maximum atomic E-state index is 6.28. The van der Waals surface area contributed by atoms with Gasteiger partial charge in [-0.15, -0.1) is 0 Å². The van der Waals surface area contributed by atoms with Gasteiger partial charge in [-0.05, 0) is 31.2 Å². The summed E-state index contributed by atoms with van der Waals surface area (Å²) in [5, 5.41) is 3.97. The third-order valence-electron chi connectivity index (χ3n) is 3.05. The highest BCUT2D eigenvalue weighted by Crippen LogP contribution is 2.34. The molecule has 0 saturated heterocycles. The predicted molar refractivity (Wildman–Crippen MR) is 86.5 cm³/mol. The number of nitrogens with one attached hydrogen (secondary N) is 1. The lowest BCUT2D eigenvalue weighted by molar-refractivity contribution is 0.408. The molecule has 21 heavy (non-hydrogen) atoms. The maximum Gasteiger partial charge on any atom is 0.150 e. The Morgan fingerprint density at radius 2 is 1.86 bits per heavy atom. The highest BCUT2D eigenvalue weighted by Gasteiger charge is 2.10. The van der Waals surface area contributed by atoms with Gasteiger partial charge in [0.2, 0.25) is 0 Å². The van der Waals surface area contributed by atoms with E-state index in [1.54, 1.807) is 7.11 Å².